The van der Waals surface area contributed by atoms with Crippen molar-refractivity contribution < 1.29 is 0 Å². The number of nitrogens with one attached hydrogen (secondary N) is 1. The number of aromatic nitrogens is 2. The summed E-state index contributed by atoms with van der Waals surface area (Å²) < 4.78 is 3.37. The summed E-state index contributed by atoms with van der Waals surface area (Å²) in [5.41, 5.74) is 1.31. The lowest BCUT2D eigenvalue weighted by atomic mass is 10.0. The normalized spacial score (nSPS) is 12.6. The molecule has 1 heterocycles. The minimum Gasteiger partial charge on any atom is -0.335 e. The third kappa shape index (κ3) is 3.93. The van der Waals surface area contributed by atoms with Crippen molar-refractivity contribution in [2.45, 2.75) is 39.3 Å². The SMILES string of the molecule is CCCn1ccnc1CC(NCC)c1ccc(Br)cc1. The lowest BCUT2D eigenvalue weighted by Crippen LogP contribution is -2.24. The topological polar surface area (TPSA) is 29.9 Å². The largest absolute Gasteiger partial charge is 0.335 e. The summed E-state index contributed by atoms with van der Waals surface area (Å²) in [5, 5.41) is 3.56. The van der Waals surface area contributed by atoms with Gasteiger partial charge in [0.25, 0.3) is 0 Å². The molecule has 0 spiro atoms. The molecule has 1 N–H and O–H groups in total. The number of hydrogen-bond acceptors (Lipinski definition) is 2. The zero-order valence-corrected chi connectivity index (χ0v) is 13.7. The predicted octanol–water partition coefficient (Wildman–Crippen LogP) is 3.95. The van der Waals surface area contributed by atoms with Gasteiger partial charge in [-0.1, -0.05) is 41.9 Å². The molecule has 0 saturated carbocycles. The molecule has 3 nitrogen and oxygen atoms in total. The van der Waals surface area contributed by atoms with Crippen LogP contribution in [0.2, 0.25) is 0 Å². The first-order valence-corrected chi connectivity index (χ1v) is 8.02. The number of halogens is 1. The zero-order valence-electron chi connectivity index (χ0n) is 12.1. The van der Waals surface area contributed by atoms with E-state index in [1.165, 1.54) is 5.56 Å². The molecular weight excluding hydrogens is 314 g/mol. The molecule has 0 aliphatic carbocycles. The molecule has 20 heavy (non-hydrogen) atoms. The van der Waals surface area contributed by atoms with E-state index in [-0.39, 0.29) is 0 Å². The second-order valence-corrected chi connectivity index (χ2v) is 5.82. The van der Waals surface area contributed by atoms with E-state index in [9.17, 15) is 0 Å². The van der Waals surface area contributed by atoms with Crippen LogP contribution in [0.25, 0.3) is 0 Å². The molecule has 0 aliphatic heterocycles. The van der Waals surface area contributed by atoms with Crippen molar-refractivity contribution in [3.05, 3.63) is 52.5 Å². The van der Waals surface area contributed by atoms with Gasteiger partial charge in [0.05, 0.1) is 0 Å². The number of nitrogens with zero attached hydrogens (tertiary/aromatic N) is 2. The van der Waals surface area contributed by atoms with E-state index in [0.29, 0.717) is 6.04 Å². The first-order chi connectivity index (χ1) is 9.74. The van der Waals surface area contributed by atoms with Gasteiger partial charge in [-0.2, -0.15) is 0 Å². The van der Waals surface area contributed by atoms with Gasteiger partial charge in [-0.25, -0.2) is 4.98 Å². The van der Waals surface area contributed by atoms with Gasteiger partial charge >= 0.3 is 0 Å². The Labute approximate surface area is 129 Å². The molecule has 2 aromatic rings. The highest BCUT2D eigenvalue weighted by atomic mass is 79.9. The highest BCUT2D eigenvalue weighted by Crippen LogP contribution is 2.20. The van der Waals surface area contributed by atoms with E-state index in [1.54, 1.807) is 0 Å². The third-order valence-corrected chi connectivity index (χ3v) is 3.90. The maximum atomic E-state index is 4.51. The second kappa shape index (κ2) is 7.60. The number of aryl methyl sites for hydroxylation is 1. The summed E-state index contributed by atoms with van der Waals surface area (Å²) in [7, 11) is 0. The quantitative estimate of drug-likeness (QED) is 0.830. The van der Waals surface area contributed by atoms with Crippen LogP contribution < -0.4 is 5.32 Å². The van der Waals surface area contributed by atoms with Crippen molar-refractivity contribution >= 4 is 15.9 Å². The Balaban J connectivity index is 2.16. The lowest BCUT2D eigenvalue weighted by molar-refractivity contribution is 0.516. The van der Waals surface area contributed by atoms with Crippen LogP contribution in [-0.4, -0.2) is 16.1 Å². The highest BCUT2D eigenvalue weighted by Gasteiger charge is 2.14. The minimum absolute atomic E-state index is 0.311. The molecule has 0 saturated heterocycles. The van der Waals surface area contributed by atoms with E-state index in [0.717, 1.165) is 36.2 Å². The summed E-state index contributed by atoms with van der Waals surface area (Å²) in [5.74, 6) is 1.15. The van der Waals surface area contributed by atoms with Crippen LogP contribution in [0.3, 0.4) is 0 Å². The van der Waals surface area contributed by atoms with E-state index in [1.807, 2.05) is 6.20 Å². The van der Waals surface area contributed by atoms with Gasteiger partial charge in [0.15, 0.2) is 0 Å². The Kier molecular flexibility index (Phi) is 5.80. The fourth-order valence-electron chi connectivity index (χ4n) is 2.41. The van der Waals surface area contributed by atoms with Crippen molar-refractivity contribution in [1.82, 2.24) is 14.9 Å². The lowest BCUT2D eigenvalue weighted by Gasteiger charge is -2.19. The fraction of sp³-hybridized carbons (Fsp3) is 0.438. The van der Waals surface area contributed by atoms with E-state index in [2.05, 4.69) is 75.1 Å². The average Bonchev–Trinajstić information content (AvgIpc) is 2.87. The Bertz CT molecular complexity index is 519. The van der Waals surface area contributed by atoms with E-state index < -0.39 is 0 Å². The van der Waals surface area contributed by atoms with Gasteiger partial charge < -0.3 is 9.88 Å². The molecule has 2 rings (SSSR count). The number of likely N-dealkylation sites (N-methyl/N-ethyl adjacent to an activating group) is 1. The molecule has 0 amide bonds. The molecule has 1 aromatic heterocycles. The monoisotopic (exact) mass is 335 g/mol. The fourth-order valence-corrected chi connectivity index (χ4v) is 2.67. The van der Waals surface area contributed by atoms with Gasteiger partial charge in [-0.05, 0) is 30.7 Å². The molecule has 4 heteroatoms. The molecule has 1 aromatic carbocycles. The second-order valence-electron chi connectivity index (χ2n) is 4.90. The molecule has 108 valence electrons. The molecule has 0 bridgehead atoms. The van der Waals surface area contributed by atoms with Crippen molar-refractivity contribution in [2.24, 2.45) is 0 Å². The van der Waals surface area contributed by atoms with Crippen LogP contribution in [0, 0.1) is 0 Å². The van der Waals surface area contributed by atoms with E-state index >= 15 is 0 Å². The number of rotatable bonds is 7. The standard InChI is InChI=1S/C16H22BrN3/c1-3-10-20-11-9-19-16(20)12-15(18-4-2)13-5-7-14(17)8-6-13/h5-9,11,15,18H,3-4,10,12H2,1-2H3. The van der Waals surface area contributed by atoms with Gasteiger partial charge in [0, 0.05) is 35.9 Å². The van der Waals surface area contributed by atoms with Gasteiger partial charge in [0.1, 0.15) is 5.82 Å². The number of hydrogen-bond donors (Lipinski definition) is 1. The van der Waals surface area contributed by atoms with Crippen LogP contribution in [0.15, 0.2) is 41.1 Å². The summed E-state index contributed by atoms with van der Waals surface area (Å²) in [6, 6.07) is 8.84. The average molecular weight is 336 g/mol. The van der Waals surface area contributed by atoms with Gasteiger partial charge in [-0.15, -0.1) is 0 Å². The van der Waals surface area contributed by atoms with Crippen molar-refractivity contribution in [2.75, 3.05) is 6.54 Å². The maximum absolute atomic E-state index is 4.51. The summed E-state index contributed by atoms with van der Waals surface area (Å²) in [4.78, 5) is 4.51. The van der Waals surface area contributed by atoms with E-state index in [4.69, 9.17) is 0 Å². The first kappa shape index (κ1) is 15.3. The van der Waals surface area contributed by atoms with Crippen LogP contribution in [0.4, 0.5) is 0 Å². The zero-order chi connectivity index (χ0) is 14.4. The highest BCUT2D eigenvalue weighted by molar-refractivity contribution is 9.10. The molecule has 1 atom stereocenters. The summed E-state index contributed by atoms with van der Waals surface area (Å²) in [6.07, 6.45) is 6.02. The summed E-state index contributed by atoms with van der Waals surface area (Å²) in [6.45, 7) is 6.33. The molecule has 0 fully saturated rings. The Morgan fingerprint density at radius 3 is 2.65 bits per heavy atom. The van der Waals surface area contributed by atoms with Gasteiger partial charge in [-0.3, -0.25) is 0 Å². The molecule has 0 aliphatic rings. The Hall–Kier alpha value is -1.13. The number of benzene rings is 1. The molecular formula is C16H22BrN3. The van der Waals surface area contributed by atoms with Crippen molar-refractivity contribution in [3.8, 4) is 0 Å². The maximum Gasteiger partial charge on any atom is 0.110 e. The van der Waals surface area contributed by atoms with Crippen LogP contribution in [0.1, 0.15) is 37.7 Å². The van der Waals surface area contributed by atoms with Gasteiger partial charge in [0.2, 0.25) is 0 Å². The molecule has 1 unspecified atom stereocenters. The summed E-state index contributed by atoms with van der Waals surface area (Å²) >= 11 is 3.49. The van der Waals surface area contributed by atoms with Crippen molar-refractivity contribution in [1.29, 1.82) is 0 Å². The smallest absolute Gasteiger partial charge is 0.110 e. The Morgan fingerprint density at radius 1 is 1.25 bits per heavy atom. The minimum atomic E-state index is 0.311. The van der Waals surface area contributed by atoms with Crippen LogP contribution >= 0.6 is 15.9 Å². The first-order valence-electron chi connectivity index (χ1n) is 7.23. The third-order valence-electron chi connectivity index (χ3n) is 3.38. The molecule has 0 radical (unpaired) electrons. The number of imidazole rings is 1. The van der Waals surface area contributed by atoms with Crippen LogP contribution in [-0.2, 0) is 13.0 Å². The Morgan fingerprint density at radius 2 is 2.00 bits per heavy atom. The van der Waals surface area contributed by atoms with Crippen LogP contribution in [0.5, 0.6) is 0 Å². The van der Waals surface area contributed by atoms with Crippen molar-refractivity contribution in [3.63, 3.8) is 0 Å². The predicted molar refractivity (Wildman–Crippen MR) is 86.8 cm³/mol.